The fourth-order valence-corrected chi connectivity index (χ4v) is 3.78. The van der Waals surface area contributed by atoms with Crippen LogP contribution in [0.4, 0.5) is 0 Å². The lowest BCUT2D eigenvalue weighted by atomic mass is 10.1. The highest BCUT2D eigenvalue weighted by molar-refractivity contribution is 5.91. The molecule has 1 fully saturated rings. The Hall–Kier alpha value is -3.62. The molecule has 9 heteroatoms. The molecule has 0 unspecified atom stereocenters. The Morgan fingerprint density at radius 2 is 2.06 bits per heavy atom. The van der Waals surface area contributed by atoms with E-state index in [2.05, 4.69) is 47.9 Å². The van der Waals surface area contributed by atoms with Crippen molar-refractivity contribution in [2.75, 3.05) is 0 Å². The first-order valence-electron chi connectivity index (χ1n) is 11.1. The number of carbonyl (C=O) groups is 1. The van der Waals surface area contributed by atoms with Crippen LogP contribution in [-0.4, -0.2) is 41.1 Å². The molecule has 0 radical (unpaired) electrons. The Morgan fingerprint density at radius 1 is 1.16 bits per heavy atom. The van der Waals surface area contributed by atoms with Gasteiger partial charge in [-0.3, -0.25) is 14.5 Å². The highest BCUT2D eigenvalue weighted by Gasteiger charge is 2.25. The number of unbranched alkanes of at least 4 members (excludes halogenated alkanes) is 1. The number of hydrogen-bond donors (Lipinski definition) is 2. The van der Waals surface area contributed by atoms with Crippen molar-refractivity contribution in [2.24, 2.45) is 0 Å². The Bertz CT molecular complexity index is 1240. The van der Waals surface area contributed by atoms with E-state index in [0.29, 0.717) is 24.7 Å². The van der Waals surface area contributed by atoms with Gasteiger partial charge in [-0.1, -0.05) is 11.3 Å². The average Bonchev–Trinajstić information content (AvgIpc) is 3.38. The van der Waals surface area contributed by atoms with Crippen LogP contribution in [0.25, 0.3) is 11.0 Å². The Kier molecular flexibility index (Phi) is 5.62. The highest BCUT2D eigenvalue weighted by atomic mass is 16.2. The van der Waals surface area contributed by atoms with Crippen molar-refractivity contribution >= 4 is 16.9 Å². The van der Waals surface area contributed by atoms with E-state index in [9.17, 15) is 4.79 Å². The molecule has 0 spiro atoms. The Morgan fingerprint density at radius 3 is 2.91 bits per heavy atom. The third kappa shape index (κ3) is 4.82. The minimum absolute atomic E-state index is 0.250. The summed E-state index contributed by atoms with van der Waals surface area (Å²) in [6.45, 7) is 2.99. The SMILES string of the molecule is Cc1cccc(CNC(=O)c2cn(CCCCc3cc4cc(C5CC5)[nH]c4nn3)nn2)n1. The number of rotatable bonds is 9. The summed E-state index contributed by atoms with van der Waals surface area (Å²) in [5, 5.41) is 20.7. The molecule has 164 valence electrons. The van der Waals surface area contributed by atoms with E-state index in [0.717, 1.165) is 47.4 Å². The van der Waals surface area contributed by atoms with Gasteiger partial charge in [-0.05, 0) is 69.2 Å². The molecule has 0 aliphatic heterocycles. The van der Waals surface area contributed by atoms with Gasteiger partial charge < -0.3 is 10.3 Å². The van der Waals surface area contributed by atoms with Crippen LogP contribution in [0.15, 0.2) is 36.5 Å². The number of aromatic nitrogens is 7. The molecule has 1 aliphatic rings. The van der Waals surface area contributed by atoms with Crippen molar-refractivity contribution in [3.05, 3.63) is 65.0 Å². The molecule has 0 saturated heterocycles. The number of pyridine rings is 1. The zero-order valence-electron chi connectivity index (χ0n) is 18.1. The van der Waals surface area contributed by atoms with Crippen LogP contribution in [0, 0.1) is 6.92 Å². The zero-order valence-corrected chi connectivity index (χ0v) is 18.1. The standard InChI is InChI=1S/C23H26N8O/c1-15-5-4-7-19(25-15)13-24-23(32)21-14-31(30-28-21)10-3-2-6-18-11-17-12-20(16-8-9-16)26-22(17)29-27-18/h4-5,7,11-12,14,16H,2-3,6,8-10,13H2,1H3,(H,24,32)(H,26,29). The molecular weight excluding hydrogens is 404 g/mol. The monoisotopic (exact) mass is 430 g/mol. The lowest BCUT2D eigenvalue weighted by molar-refractivity contribution is 0.0945. The molecule has 1 saturated carbocycles. The van der Waals surface area contributed by atoms with Gasteiger partial charge in [-0.25, -0.2) is 0 Å². The minimum Gasteiger partial charge on any atom is -0.345 e. The minimum atomic E-state index is -0.250. The second kappa shape index (κ2) is 8.86. The summed E-state index contributed by atoms with van der Waals surface area (Å²) in [7, 11) is 0. The average molecular weight is 431 g/mol. The lowest BCUT2D eigenvalue weighted by Gasteiger charge is -2.03. The van der Waals surface area contributed by atoms with Gasteiger partial charge in [0.25, 0.3) is 5.91 Å². The van der Waals surface area contributed by atoms with Gasteiger partial charge in [0.1, 0.15) is 0 Å². The van der Waals surface area contributed by atoms with Crippen molar-refractivity contribution < 1.29 is 4.79 Å². The molecule has 1 amide bonds. The Balaban J connectivity index is 1.08. The first kappa shape index (κ1) is 20.3. The van der Waals surface area contributed by atoms with Gasteiger partial charge in [-0.2, -0.15) is 5.10 Å². The number of amides is 1. The summed E-state index contributed by atoms with van der Waals surface area (Å²) < 4.78 is 1.71. The first-order valence-corrected chi connectivity index (χ1v) is 11.1. The van der Waals surface area contributed by atoms with Crippen LogP contribution >= 0.6 is 0 Å². The van der Waals surface area contributed by atoms with E-state index in [-0.39, 0.29) is 5.91 Å². The lowest BCUT2D eigenvalue weighted by Crippen LogP contribution is -2.23. The van der Waals surface area contributed by atoms with E-state index in [1.807, 2.05) is 25.1 Å². The normalized spacial score (nSPS) is 13.5. The summed E-state index contributed by atoms with van der Waals surface area (Å²) in [6.07, 6.45) is 6.95. The van der Waals surface area contributed by atoms with Crippen molar-refractivity contribution in [3.63, 3.8) is 0 Å². The van der Waals surface area contributed by atoms with Crippen molar-refractivity contribution in [2.45, 2.75) is 58.0 Å². The number of aromatic amines is 1. The molecule has 1 aliphatic carbocycles. The van der Waals surface area contributed by atoms with Crippen LogP contribution in [0.5, 0.6) is 0 Å². The van der Waals surface area contributed by atoms with Gasteiger partial charge >= 0.3 is 0 Å². The van der Waals surface area contributed by atoms with Crippen molar-refractivity contribution in [1.29, 1.82) is 0 Å². The number of nitrogens with zero attached hydrogens (tertiary/aromatic N) is 6. The Labute approximate surface area is 185 Å². The van der Waals surface area contributed by atoms with Crippen molar-refractivity contribution in [1.82, 2.24) is 40.5 Å². The predicted octanol–water partition coefficient (Wildman–Crippen LogP) is 3.08. The summed E-state index contributed by atoms with van der Waals surface area (Å²) in [6, 6.07) is 10.1. The summed E-state index contributed by atoms with van der Waals surface area (Å²) in [5.41, 5.74) is 5.21. The number of carbonyl (C=O) groups excluding carboxylic acids is 1. The van der Waals surface area contributed by atoms with Crippen LogP contribution in [0.2, 0.25) is 0 Å². The fourth-order valence-electron chi connectivity index (χ4n) is 3.78. The summed E-state index contributed by atoms with van der Waals surface area (Å²) in [4.78, 5) is 20.1. The van der Waals surface area contributed by atoms with Gasteiger partial charge in [0.15, 0.2) is 11.3 Å². The molecule has 9 nitrogen and oxygen atoms in total. The largest absolute Gasteiger partial charge is 0.345 e. The smallest absolute Gasteiger partial charge is 0.273 e. The van der Waals surface area contributed by atoms with Crippen LogP contribution < -0.4 is 5.32 Å². The van der Waals surface area contributed by atoms with Gasteiger partial charge in [0.05, 0.1) is 24.1 Å². The molecule has 2 N–H and O–H groups in total. The third-order valence-electron chi connectivity index (χ3n) is 5.68. The second-order valence-electron chi connectivity index (χ2n) is 8.42. The number of H-pyrrole nitrogens is 1. The quantitative estimate of drug-likeness (QED) is 0.395. The number of fused-ring (bicyclic) bond motifs is 1. The van der Waals surface area contributed by atoms with E-state index in [1.54, 1.807) is 10.9 Å². The third-order valence-corrected chi connectivity index (χ3v) is 5.68. The number of aryl methyl sites for hydroxylation is 3. The maximum Gasteiger partial charge on any atom is 0.273 e. The molecule has 4 aromatic heterocycles. The molecular formula is C23H26N8O. The molecule has 0 aromatic carbocycles. The van der Waals surface area contributed by atoms with Gasteiger partial charge in [-0.15, -0.1) is 10.2 Å². The molecule has 4 heterocycles. The van der Waals surface area contributed by atoms with E-state index in [1.165, 1.54) is 18.5 Å². The molecule has 5 rings (SSSR count). The van der Waals surface area contributed by atoms with Gasteiger partial charge in [0, 0.05) is 23.3 Å². The maximum atomic E-state index is 12.3. The van der Waals surface area contributed by atoms with E-state index in [4.69, 9.17) is 0 Å². The molecule has 0 bridgehead atoms. The second-order valence-corrected chi connectivity index (χ2v) is 8.42. The molecule has 0 atom stereocenters. The zero-order chi connectivity index (χ0) is 21.9. The summed E-state index contributed by atoms with van der Waals surface area (Å²) in [5.74, 6) is 0.432. The maximum absolute atomic E-state index is 12.3. The van der Waals surface area contributed by atoms with Gasteiger partial charge in [0.2, 0.25) is 0 Å². The topological polar surface area (TPSA) is 114 Å². The van der Waals surface area contributed by atoms with E-state index < -0.39 is 0 Å². The molecule has 4 aromatic rings. The summed E-state index contributed by atoms with van der Waals surface area (Å²) >= 11 is 0. The highest BCUT2D eigenvalue weighted by Crippen LogP contribution is 2.40. The fraction of sp³-hybridized carbons (Fsp3) is 0.391. The van der Waals surface area contributed by atoms with Crippen LogP contribution in [0.3, 0.4) is 0 Å². The van der Waals surface area contributed by atoms with Crippen LogP contribution in [0.1, 0.15) is 64.9 Å². The predicted molar refractivity (Wildman–Crippen MR) is 119 cm³/mol. The molecule has 32 heavy (non-hydrogen) atoms. The van der Waals surface area contributed by atoms with E-state index >= 15 is 0 Å². The number of nitrogens with one attached hydrogen (secondary N) is 2. The van der Waals surface area contributed by atoms with Crippen molar-refractivity contribution in [3.8, 4) is 0 Å². The number of hydrogen-bond acceptors (Lipinski definition) is 6. The van der Waals surface area contributed by atoms with Crippen LogP contribution in [-0.2, 0) is 19.5 Å². The first-order chi connectivity index (χ1) is 15.6.